The molecule has 0 aliphatic rings. The van der Waals surface area contributed by atoms with Crippen LogP contribution >= 0.6 is 0 Å². The molecule has 0 spiro atoms. The van der Waals surface area contributed by atoms with Crippen molar-refractivity contribution in [3.63, 3.8) is 0 Å². The van der Waals surface area contributed by atoms with Gasteiger partial charge >= 0.3 is 5.97 Å². The Kier molecular flexibility index (Phi) is 8.82. The van der Waals surface area contributed by atoms with Crippen LogP contribution in [0.25, 0.3) is 21.9 Å². The van der Waals surface area contributed by atoms with E-state index in [-0.39, 0.29) is 5.56 Å². The summed E-state index contributed by atoms with van der Waals surface area (Å²) in [6, 6.07) is 13.9. The van der Waals surface area contributed by atoms with Crippen LogP contribution in [-0.4, -0.2) is 51.7 Å². The number of carboxylic acids is 1. The van der Waals surface area contributed by atoms with Gasteiger partial charge in [-0.2, -0.15) is 0 Å². The van der Waals surface area contributed by atoms with E-state index in [1.807, 2.05) is 27.0 Å². The number of imidazole rings is 1. The average Bonchev–Trinajstić information content (AvgIpc) is 3.22. The standard InChI is InChI=1S/C26H31N5O2.C2H6/c1-5-6-7-22-29-23-24(31(22)16-18-10-8-17(9-11-18)15-30(3)4)20-13-12-19(26(32)33)14-21(20)28-25(23)27-2;1-2/h8-14H,5-7,15-16H2,1-4H3,(H,27,28)(H,32,33);1-2H3. The maximum atomic E-state index is 11.5. The average molecular weight is 476 g/mol. The fourth-order valence-electron chi connectivity index (χ4n) is 4.24. The molecule has 2 aromatic carbocycles. The molecule has 0 amide bonds. The Hall–Kier alpha value is -3.45. The zero-order valence-electron chi connectivity index (χ0n) is 21.7. The maximum absolute atomic E-state index is 11.5. The number of rotatable bonds is 9. The predicted molar refractivity (Wildman–Crippen MR) is 144 cm³/mol. The fraction of sp³-hybridized carbons (Fsp3) is 0.393. The number of unbranched alkanes of at least 4 members (excludes halogenated alkanes) is 1. The van der Waals surface area contributed by atoms with Gasteiger partial charge in [0, 0.05) is 31.9 Å². The number of nitrogens with one attached hydrogen (secondary N) is 1. The van der Waals surface area contributed by atoms with E-state index in [9.17, 15) is 9.90 Å². The number of nitrogens with zero attached hydrogens (tertiary/aromatic N) is 4. The lowest BCUT2D eigenvalue weighted by Crippen LogP contribution is -2.11. The molecule has 2 heterocycles. The molecule has 0 bridgehead atoms. The second-order valence-corrected chi connectivity index (χ2v) is 8.72. The van der Waals surface area contributed by atoms with Crippen LogP contribution in [0.5, 0.6) is 0 Å². The third kappa shape index (κ3) is 5.80. The maximum Gasteiger partial charge on any atom is 0.335 e. The zero-order chi connectivity index (χ0) is 25.5. The smallest absolute Gasteiger partial charge is 0.335 e. The summed E-state index contributed by atoms with van der Waals surface area (Å²) in [6.45, 7) is 7.78. The minimum Gasteiger partial charge on any atom is -0.478 e. The van der Waals surface area contributed by atoms with Crippen molar-refractivity contribution in [2.24, 2.45) is 0 Å². The van der Waals surface area contributed by atoms with Crippen molar-refractivity contribution in [2.75, 3.05) is 26.5 Å². The second kappa shape index (κ2) is 11.8. The molecule has 4 rings (SSSR count). The van der Waals surface area contributed by atoms with Gasteiger partial charge in [-0.05, 0) is 49.8 Å². The number of benzene rings is 2. The summed E-state index contributed by atoms with van der Waals surface area (Å²) in [4.78, 5) is 23.4. The Morgan fingerprint density at radius 2 is 1.74 bits per heavy atom. The summed E-state index contributed by atoms with van der Waals surface area (Å²) in [6.07, 6.45) is 3.01. The minimum absolute atomic E-state index is 0.227. The van der Waals surface area contributed by atoms with E-state index in [1.165, 1.54) is 11.1 Å². The van der Waals surface area contributed by atoms with E-state index < -0.39 is 5.97 Å². The van der Waals surface area contributed by atoms with Gasteiger partial charge in [0.25, 0.3) is 0 Å². The summed E-state index contributed by atoms with van der Waals surface area (Å²) in [5, 5.41) is 13.5. The Morgan fingerprint density at radius 3 is 2.34 bits per heavy atom. The van der Waals surface area contributed by atoms with Crippen LogP contribution in [0.3, 0.4) is 0 Å². The molecule has 35 heavy (non-hydrogen) atoms. The molecule has 186 valence electrons. The number of anilines is 1. The van der Waals surface area contributed by atoms with Gasteiger partial charge in [-0.25, -0.2) is 14.8 Å². The molecule has 0 atom stereocenters. The number of pyridine rings is 1. The number of fused-ring (bicyclic) bond motifs is 3. The summed E-state index contributed by atoms with van der Waals surface area (Å²) in [5.41, 5.74) is 5.17. The van der Waals surface area contributed by atoms with Crippen molar-refractivity contribution < 1.29 is 9.90 Å². The molecular formula is C28H37N5O2. The van der Waals surface area contributed by atoms with Crippen LogP contribution in [0.2, 0.25) is 0 Å². The first-order chi connectivity index (χ1) is 16.9. The van der Waals surface area contributed by atoms with Gasteiger partial charge in [0.2, 0.25) is 0 Å². The Labute approximate surface area is 207 Å². The molecule has 0 saturated carbocycles. The lowest BCUT2D eigenvalue weighted by Gasteiger charge is -2.13. The van der Waals surface area contributed by atoms with Crippen molar-refractivity contribution in [2.45, 2.75) is 53.1 Å². The highest BCUT2D eigenvalue weighted by Gasteiger charge is 2.19. The summed E-state index contributed by atoms with van der Waals surface area (Å²) in [5.74, 6) is 0.731. The summed E-state index contributed by atoms with van der Waals surface area (Å²) >= 11 is 0. The first-order valence-corrected chi connectivity index (χ1v) is 12.4. The normalized spacial score (nSPS) is 11.1. The number of hydrogen-bond donors (Lipinski definition) is 2. The molecule has 7 heteroatoms. The van der Waals surface area contributed by atoms with Crippen LogP contribution in [0.1, 0.15) is 60.9 Å². The highest BCUT2D eigenvalue weighted by molar-refractivity contribution is 6.08. The van der Waals surface area contributed by atoms with E-state index in [4.69, 9.17) is 9.97 Å². The molecule has 0 saturated heterocycles. The van der Waals surface area contributed by atoms with Crippen LogP contribution in [0.4, 0.5) is 5.82 Å². The summed E-state index contributed by atoms with van der Waals surface area (Å²) < 4.78 is 2.28. The molecule has 0 aliphatic heterocycles. The molecule has 0 radical (unpaired) electrons. The van der Waals surface area contributed by atoms with Gasteiger partial charge in [0.05, 0.1) is 16.6 Å². The zero-order valence-corrected chi connectivity index (χ0v) is 21.7. The van der Waals surface area contributed by atoms with Crippen molar-refractivity contribution in [1.82, 2.24) is 19.4 Å². The van der Waals surface area contributed by atoms with Gasteiger partial charge < -0.3 is 19.9 Å². The minimum atomic E-state index is -0.959. The number of aryl methyl sites for hydroxylation is 1. The SMILES string of the molecule is CC.CCCCc1nc2c(NC)nc3cc(C(=O)O)ccc3c2n1Cc1ccc(CN(C)C)cc1. The Bertz CT molecular complexity index is 1290. The molecular weight excluding hydrogens is 438 g/mol. The molecule has 0 unspecified atom stereocenters. The van der Waals surface area contributed by atoms with Crippen LogP contribution in [0.15, 0.2) is 42.5 Å². The van der Waals surface area contributed by atoms with Gasteiger partial charge in [-0.1, -0.05) is 51.5 Å². The number of aromatic nitrogens is 3. The molecule has 0 fully saturated rings. The van der Waals surface area contributed by atoms with Gasteiger partial charge in [0.1, 0.15) is 11.3 Å². The Balaban J connectivity index is 0.00000167. The first-order valence-electron chi connectivity index (χ1n) is 12.4. The molecule has 7 nitrogen and oxygen atoms in total. The quantitative estimate of drug-likeness (QED) is 0.318. The van der Waals surface area contributed by atoms with Crippen LogP contribution in [-0.2, 0) is 19.5 Å². The molecule has 0 aliphatic carbocycles. The largest absolute Gasteiger partial charge is 0.478 e. The first kappa shape index (κ1) is 26.2. The summed E-state index contributed by atoms with van der Waals surface area (Å²) in [7, 11) is 5.96. The fourth-order valence-corrected chi connectivity index (χ4v) is 4.24. The van der Waals surface area contributed by atoms with Crippen molar-refractivity contribution in [1.29, 1.82) is 0 Å². The van der Waals surface area contributed by atoms with E-state index in [1.54, 1.807) is 12.1 Å². The van der Waals surface area contributed by atoms with Crippen LogP contribution < -0.4 is 5.32 Å². The lowest BCUT2D eigenvalue weighted by atomic mass is 10.1. The molecule has 2 N–H and O–H groups in total. The predicted octanol–water partition coefficient (Wildman–Crippen LogP) is 5.80. The van der Waals surface area contributed by atoms with Gasteiger partial charge in [-0.3, -0.25) is 0 Å². The topological polar surface area (TPSA) is 83.3 Å². The number of carbonyl (C=O) groups is 1. The number of aromatic carboxylic acids is 1. The number of carboxylic acid groups (broad SMARTS) is 1. The van der Waals surface area contributed by atoms with Crippen LogP contribution in [0, 0.1) is 0 Å². The second-order valence-electron chi connectivity index (χ2n) is 8.72. The number of hydrogen-bond acceptors (Lipinski definition) is 5. The van der Waals surface area contributed by atoms with E-state index in [0.717, 1.165) is 48.1 Å². The molecule has 4 aromatic rings. The third-order valence-corrected chi connectivity index (χ3v) is 5.86. The van der Waals surface area contributed by atoms with Crippen molar-refractivity contribution in [3.05, 3.63) is 65.0 Å². The highest BCUT2D eigenvalue weighted by Crippen LogP contribution is 2.32. The van der Waals surface area contributed by atoms with E-state index in [0.29, 0.717) is 17.9 Å². The van der Waals surface area contributed by atoms with Gasteiger partial charge in [-0.15, -0.1) is 0 Å². The van der Waals surface area contributed by atoms with E-state index in [2.05, 4.69) is 60.1 Å². The third-order valence-electron chi connectivity index (χ3n) is 5.86. The Morgan fingerprint density at radius 1 is 1.06 bits per heavy atom. The van der Waals surface area contributed by atoms with Gasteiger partial charge in [0.15, 0.2) is 5.82 Å². The van der Waals surface area contributed by atoms with Crippen molar-refractivity contribution in [3.8, 4) is 0 Å². The highest BCUT2D eigenvalue weighted by atomic mass is 16.4. The monoisotopic (exact) mass is 475 g/mol. The molecule has 2 aromatic heterocycles. The lowest BCUT2D eigenvalue weighted by molar-refractivity contribution is 0.0697. The van der Waals surface area contributed by atoms with Crippen molar-refractivity contribution >= 4 is 33.7 Å². The van der Waals surface area contributed by atoms with E-state index >= 15 is 0 Å².